The first-order valence-electron chi connectivity index (χ1n) is 7.50. The van der Waals surface area contributed by atoms with Crippen LogP contribution in [-0.4, -0.2) is 37.0 Å². The SMILES string of the molecule is CCc1nc(CCNC(=O)c2nc3nccc(C)n3n2)sc1C. The molecule has 0 aliphatic carbocycles. The summed E-state index contributed by atoms with van der Waals surface area (Å²) in [6.07, 6.45) is 3.30. The van der Waals surface area contributed by atoms with Gasteiger partial charge in [-0.25, -0.2) is 14.5 Å². The number of carbonyl (C=O) groups excluding carboxylic acids is 1. The van der Waals surface area contributed by atoms with Gasteiger partial charge < -0.3 is 5.32 Å². The summed E-state index contributed by atoms with van der Waals surface area (Å²) in [7, 11) is 0. The van der Waals surface area contributed by atoms with Gasteiger partial charge >= 0.3 is 0 Å². The summed E-state index contributed by atoms with van der Waals surface area (Å²) in [6, 6.07) is 1.82. The van der Waals surface area contributed by atoms with E-state index >= 15 is 0 Å². The molecule has 1 N–H and O–H groups in total. The number of aryl methyl sites for hydroxylation is 3. The normalized spacial score (nSPS) is 11.1. The van der Waals surface area contributed by atoms with Crippen molar-refractivity contribution in [3.63, 3.8) is 0 Å². The Bertz CT molecular complexity index is 853. The molecule has 0 saturated carbocycles. The van der Waals surface area contributed by atoms with Crippen LogP contribution in [0.2, 0.25) is 0 Å². The zero-order valence-corrected chi connectivity index (χ0v) is 14.1. The van der Waals surface area contributed by atoms with E-state index in [2.05, 4.69) is 39.2 Å². The van der Waals surface area contributed by atoms with Crippen molar-refractivity contribution in [3.05, 3.63) is 39.4 Å². The van der Waals surface area contributed by atoms with Crippen LogP contribution in [0.1, 0.15) is 38.8 Å². The van der Waals surface area contributed by atoms with E-state index < -0.39 is 0 Å². The molecule has 0 unspecified atom stereocenters. The van der Waals surface area contributed by atoms with E-state index in [9.17, 15) is 4.79 Å². The number of thiazole rings is 1. The van der Waals surface area contributed by atoms with Crippen LogP contribution in [0, 0.1) is 13.8 Å². The Balaban J connectivity index is 1.63. The number of hydrogen-bond acceptors (Lipinski definition) is 6. The standard InChI is InChI=1S/C15H18N6OS/c1-4-11-10(3)23-12(18-11)6-8-16-14(22)13-19-15-17-7-5-9(2)21(15)20-13/h5,7H,4,6,8H2,1-3H3,(H,16,22). The van der Waals surface area contributed by atoms with Crippen LogP contribution in [0.5, 0.6) is 0 Å². The maximum atomic E-state index is 12.1. The molecule has 0 aliphatic rings. The van der Waals surface area contributed by atoms with Crippen LogP contribution < -0.4 is 5.32 Å². The van der Waals surface area contributed by atoms with E-state index in [0.29, 0.717) is 18.7 Å². The van der Waals surface area contributed by atoms with E-state index in [4.69, 9.17) is 0 Å². The molecule has 23 heavy (non-hydrogen) atoms. The van der Waals surface area contributed by atoms with E-state index in [0.717, 1.165) is 22.8 Å². The molecule has 0 fully saturated rings. The number of hydrogen-bond donors (Lipinski definition) is 1. The first-order valence-corrected chi connectivity index (χ1v) is 8.32. The van der Waals surface area contributed by atoms with E-state index in [1.165, 1.54) is 4.88 Å². The molecule has 0 atom stereocenters. The van der Waals surface area contributed by atoms with Gasteiger partial charge in [-0.1, -0.05) is 6.92 Å². The third kappa shape index (κ3) is 3.21. The number of nitrogens with zero attached hydrogens (tertiary/aromatic N) is 5. The van der Waals surface area contributed by atoms with Crippen molar-refractivity contribution in [3.8, 4) is 0 Å². The Morgan fingerprint density at radius 1 is 1.35 bits per heavy atom. The summed E-state index contributed by atoms with van der Waals surface area (Å²) in [6.45, 7) is 6.57. The lowest BCUT2D eigenvalue weighted by Gasteiger charge is -1.99. The van der Waals surface area contributed by atoms with Gasteiger partial charge in [0, 0.05) is 29.7 Å². The van der Waals surface area contributed by atoms with Crippen LogP contribution in [0.25, 0.3) is 5.78 Å². The van der Waals surface area contributed by atoms with Crippen molar-refractivity contribution >= 4 is 23.0 Å². The maximum absolute atomic E-state index is 12.1. The molecule has 120 valence electrons. The predicted molar refractivity (Wildman–Crippen MR) is 87.8 cm³/mol. The Labute approximate surface area is 137 Å². The molecule has 3 heterocycles. The highest BCUT2D eigenvalue weighted by Gasteiger charge is 2.14. The number of amides is 1. The molecule has 0 spiro atoms. The minimum Gasteiger partial charge on any atom is -0.349 e. The van der Waals surface area contributed by atoms with Gasteiger partial charge in [-0.05, 0) is 26.3 Å². The van der Waals surface area contributed by atoms with Crippen molar-refractivity contribution in [2.45, 2.75) is 33.6 Å². The number of rotatable bonds is 5. The highest BCUT2D eigenvalue weighted by Crippen LogP contribution is 2.17. The monoisotopic (exact) mass is 330 g/mol. The topological polar surface area (TPSA) is 85.1 Å². The van der Waals surface area contributed by atoms with Gasteiger partial charge in [0.1, 0.15) is 0 Å². The van der Waals surface area contributed by atoms with Crippen molar-refractivity contribution in [2.24, 2.45) is 0 Å². The first kappa shape index (κ1) is 15.5. The lowest BCUT2D eigenvalue weighted by molar-refractivity contribution is 0.0944. The number of aromatic nitrogens is 5. The summed E-state index contributed by atoms with van der Waals surface area (Å²) < 4.78 is 1.56. The van der Waals surface area contributed by atoms with Crippen LogP contribution in [0.3, 0.4) is 0 Å². The third-order valence-electron chi connectivity index (χ3n) is 3.53. The molecule has 0 aromatic carbocycles. The zero-order valence-electron chi connectivity index (χ0n) is 13.3. The molecule has 0 radical (unpaired) electrons. The molecule has 3 aromatic rings. The molecule has 3 rings (SSSR count). The predicted octanol–water partition coefficient (Wildman–Crippen LogP) is 1.73. The van der Waals surface area contributed by atoms with Crippen LogP contribution in [-0.2, 0) is 12.8 Å². The van der Waals surface area contributed by atoms with Gasteiger partial charge in [0.05, 0.1) is 10.7 Å². The molecule has 3 aromatic heterocycles. The van der Waals surface area contributed by atoms with Gasteiger partial charge in [0.25, 0.3) is 11.7 Å². The van der Waals surface area contributed by atoms with Crippen molar-refractivity contribution in [1.29, 1.82) is 0 Å². The maximum Gasteiger partial charge on any atom is 0.291 e. The molecule has 0 saturated heterocycles. The van der Waals surface area contributed by atoms with Crippen LogP contribution in [0.15, 0.2) is 12.3 Å². The van der Waals surface area contributed by atoms with E-state index in [-0.39, 0.29) is 11.7 Å². The summed E-state index contributed by atoms with van der Waals surface area (Å²) >= 11 is 1.68. The second-order valence-electron chi connectivity index (χ2n) is 5.20. The summed E-state index contributed by atoms with van der Waals surface area (Å²) in [5.74, 6) is 0.272. The Morgan fingerprint density at radius 3 is 2.87 bits per heavy atom. The molecular formula is C15H18N6OS. The molecule has 7 nitrogen and oxygen atoms in total. The second-order valence-corrected chi connectivity index (χ2v) is 6.49. The number of carbonyl (C=O) groups is 1. The quantitative estimate of drug-likeness (QED) is 0.770. The fourth-order valence-corrected chi connectivity index (χ4v) is 3.31. The van der Waals surface area contributed by atoms with Gasteiger partial charge in [-0.3, -0.25) is 4.79 Å². The lowest BCUT2D eigenvalue weighted by atomic mass is 10.3. The summed E-state index contributed by atoms with van der Waals surface area (Å²) in [5, 5.41) is 8.07. The Hall–Kier alpha value is -2.35. The second kappa shape index (κ2) is 6.41. The summed E-state index contributed by atoms with van der Waals surface area (Å²) in [4.78, 5) is 26.2. The third-order valence-corrected chi connectivity index (χ3v) is 4.60. The fraction of sp³-hybridized carbons (Fsp3) is 0.400. The van der Waals surface area contributed by atoms with Crippen molar-refractivity contribution in [1.82, 2.24) is 29.9 Å². The largest absolute Gasteiger partial charge is 0.349 e. The van der Waals surface area contributed by atoms with Gasteiger partial charge in [0.2, 0.25) is 5.82 Å². The fourth-order valence-electron chi connectivity index (χ4n) is 2.29. The van der Waals surface area contributed by atoms with Gasteiger partial charge in [-0.15, -0.1) is 16.4 Å². The van der Waals surface area contributed by atoms with Gasteiger partial charge in [-0.2, -0.15) is 4.98 Å². The Morgan fingerprint density at radius 2 is 2.17 bits per heavy atom. The van der Waals surface area contributed by atoms with Crippen molar-refractivity contribution in [2.75, 3.05) is 6.54 Å². The highest BCUT2D eigenvalue weighted by atomic mass is 32.1. The number of fused-ring (bicyclic) bond motifs is 1. The lowest BCUT2D eigenvalue weighted by Crippen LogP contribution is -2.26. The average molecular weight is 330 g/mol. The molecular weight excluding hydrogens is 312 g/mol. The Kier molecular flexibility index (Phi) is 4.33. The van der Waals surface area contributed by atoms with E-state index in [1.54, 1.807) is 22.0 Å². The van der Waals surface area contributed by atoms with Gasteiger partial charge in [0.15, 0.2) is 0 Å². The smallest absolute Gasteiger partial charge is 0.291 e. The minimum atomic E-state index is -0.293. The molecule has 0 aliphatic heterocycles. The minimum absolute atomic E-state index is 0.136. The molecule has 0 bridgehead atoms. The molecule has 8 heteroatoms. The summed E-state index contributed by atoms with van der Waals surface area (Å²) in [5.41, 5.74) is 2.02. The number of nitrogens with one attached hydrogen (secondary N) is 1. The zero-order chi connectivity index (χ0) is 16.4. The van der Waals surface area contributed by atoms with Crippen LogP contribution in [0.4, 0.5) is 0 Å². The van der Waals surface area contributed by atoms with E-state index in [1.807, 2.05) is 13.0 Å². The van der Waals surface area contributed by atoms with Crippen molar-refractivity contribution < 1.29 is 4.79 Å². The highest BCUT2D eigenvalue weighted by molar-refractivity contribution is 7.11. The average Bonchev–Trinajstić information content (AvgIpc) is 3.11. The van der Waals surface area contributed by atoms with Crippen LogP contribution >= 0.6 is 11.3 Å². The molecule has 1 amide bonds. The first-order chi connectivity index (χ1) is 11.1.